The third kappa shape index (κ3) is 3.45. The number of nitrogens with two attached hydrogens (primary N) is 1. The third-order valence-electron chi connectivity index (χ3n) is 4.76. The van der Waals surface area contributed by atoms with Gasteiger partial charge in [0.25, 0.3) is 0 Å². The average Bonchev–Trinajstić information content (AvgIpc) is 2.54. The predicted octanol–water partition coefficient (Wildman–Crippen LogP) is 0.636. The SMILES string of the molecule is CCc1ccc2c(C[NH+]3CCC[C@@H](C(N)=O)C3)cc(=O)oc2c1. The molecule has 0 radical (unpaired) electrons. The number of carbonyl (C=O) groups is 1. The smallest absolute Gasteiger partial charge is 0.336 e. The summed E-state index contributed by atoms with van der Waals surface area (Å²) in [5.74, 6) is -0.274. The van der Waals surface area contributed by atoms with Crippen LogP contribution in [0.2, 0.25) is 0 Å². The van der Waals surface area contributed by atoms with Crippen LogP contribution in [0.4, 0.5) is 0 Å². The number of hydrogen-bond acceptors (Lipinski definition) is 3. The number of amides is 1. The first kappa shape index (κ1) is 15.7. The van der Waals surface area contributed by atoms with Gasteiger partial charge in [0.1, 0.15) is 12.1 Å². The van der Waals surface area contributed by atoms with E-state index >= 15 is 0 Å². The molecule has 5 nitrogen and oxygen atoms in total. The fourth-order valence-corrected chi connectivity index (χ4v) is 3.46. The molecule has 5 heteroatoms. The average molecular weight is 315 g/mol. The highest BCUT2D eigenvalue weighted by atomic mass is 16.4. The molecule has 1 fully saturated rings. The zero-order valence-corrected chi connectivity index (χ0v) is 13.4. The van der Waals surface area contributed by atoms with Gasteiger partial charge in [-0.2, -0.15) is 0 Å². The molecule has 0 spiro atoms. The number of rotatable bonds is 4. The molecule has 1 aliphatic rings. The third-order valence-corrected chi connectivity index (χ3v) is 4.76. The van der Waals surface area contributed by atoms with Crippen LogP contribution in [0.1, 0.15) is 30.9 Å². The van der Waals surface area contributed by atoms with E-state index in [9.17, 15) is 9.59 Å². The van der Waals surface area contributed by atoms with Gasteiger partial charge in [0, 0.05) is 17.0 Å². The number of quaternary nitrogens is 1. The molecule has 1 aromatic carbocycles. The highest BCUT2D eigenvalue weighted by Gasteiger charge is 2.27. The van der Waals surface area contributed by atoms with Gasteiger partial charge >= 0.3 is 5.63 Å². The molecule has 2 aromatic rings. The summed E-state index contributed by atoms with van der Waals surface area (Å²) in [7, 11) is 0. The lowest BCUT2D eigenvalue weighted by atomic mass is 9.96. The first-order valence-electron chi connectivity index (χ1n) is 8.25. The van der Waals surface area contributed by atoms with Gasteiger partial charge in [0.05, 0.1) is 19.0 Å². The quantitative estimate of drug-likeness (QED) is 0.813. The monoisotopic (exact) mass is 315 g/mol. The maximum atomic E-state index is 11.9. The highest BCUT2D eigenvalue weighted by Crippen LogP contribution is 2.19. The Morgan fingerprint density at radius 2 is 2.22 bits per heavy atom. The van der Waals surface area contributed by atoms with E-state index in [-0.39, 0.29) is 17.5 Å². The Morgan fingerprint density at radius 3 is 2.96 bits per heavy atom. The molecule has 1 saturated heterocycles. The van der Waals surface area contributed by atoms with Crippen molar-refractivity contribution in [1.82, 2.24) is 0 Å². The van der Waals surface area contributed by atoms with Crippen LogP contribution in [0.25, 0.3) is 11.0 Å². The minimum atomic E-state index is -0.316. The number of benzene rings is 1. The van der Waals surface area contributed by atoms with Crippen molar-refractivity contribution in [3.8, 4) is 0 Å². The number of primary amides is 1. The topological polar surface area (TPSA) is 77.7 Å². The molecule has 23 heavy (non-hydrogen) atoms. The summed E-state index contributed by atoms with van der Waals surface area (Å²) in [5.41, 5.74) is 7.92. The van der Waals surface area contributed by atoms with Crippen molar-refractivity contribution in [3.63, 3.8) is 0 Å². The van der Waals surface area contributed by atoms with Crippen LogP contribution in [0.5, 0.6) is 0 Å². The molecule has 3 N–H and O–H groups in total. The van der Waals surface area contributed by atoms with Crippen LogP contribution in [-0.4, -0.2) is 19.0 Å². The van der Waals surface area contributed by atoms with Gasteiger partial charge in [-0.3, -0.25) is 4.79 Å². The van der Waals surface area contributed by atoms with Crippen LogP contribution in [-0.2, 0) is 17.8 Å². The van der Waals surface area contributed by atoms with Gasteiger partial charge in [-0.1, -0.05) is 19.1 Å². The molecule has 1 aromatic heterocycles. The van der Waals surface area contributed by atoms with Crippen LogP contribution < -0.4 is 16.3 Å². The van der Waals surface area contributed by atoms with E-state index in [1.54, 1.807) is 6.07 Å². The molecule has 1 unspecified atom stereocenters. The zero-order valence-electron chi connectivity index (χ0n) is 13.4. The Morgan fingerprint density at radius 1 is 1.39 bits per heavy atom. The minimum absolute atomic E-state index is 0.0585. The minimum Gasteiger partial charge on any atom is -0.423 e. The van der Waals surface area contributed by atoms with E-state index in [2.05, 4.69) is 13.0 Å². The van der Waals surface area contributed by atoms with Crippen LogP contribution in [0.3, 0.4) is 0 Å². The number of piperidine rings is 1. The van der Waals surface area contributed by atoms with Gasteiger partial charge in [0.15, 0.2) is 0 Å². The lowest BCUT2D eigenvalue weighted by Crippen LogP contribution is -3.12. The summed E-state index contributed by atoms with van der Waals surface area (Å²) in [5, 5.41) is 0.982. The Bertz CT molecular complexity index is 781. The second kappa shape index (κ2) is 6.54. The normalized spacial score (nSPS) is 21.4. The Kier molecular flexibility index (Phi) is 4.48. The molecular weight excluding hydrogens is 292 g/mol. The predicted molar refractivity (Wildman–Crippen MR) is 88.2 cm³/mol. The molecule has 0 aliphatic carbocycles. The lowest BCUT2D eigenvalue weighted by molar-refractivity contribution is -0.920. The fourth-order valence-electron chi connectivity index (χ4n) is 3.46. The number of aryl methyl sites for hydroxylation is 1. The molecule has 1 amide bonds. The molecule has 2 atom stereocenters. The van der Waals surface area contributed by atoms with Crippen molar-refractivity contribution >= 4 is 16.9 Å². The van der Waals surface area contributed by atoms with Crippen LogP contribution >= 0.6 is 0 Å². The standard InChI is InChI=1S/C18H22N2O3/c1-2-12-5-6-15-14(9-17(21)23-16(15)8-12)11-20-7-3-4-13(10-20)18(19)22/h5-6,8-9,13H,2-4,7,10-11H2,1H3,(H2,19,22)/p+1/t13-/m1/s1. The summed E-state index contributed by atoms with van der Waals surface area (Å²) in [6, 6.07) is 7.62. The molecule has 3 rings (SSSR count). The van der Waals surface area contributed by atoms with E-state index in [1.807, 2.05) is 12.1 Å². The van der Waals surface area contributed by atoms with E-state index < -0.39 is 0 Å². The summed E-state index contributed by atoms with van der Waals surface area (Å²) in [6.45, 7) is 4.53. The maximum Gasteiger partial charge on any atom is 0.336 e. The lowest BCUT2D eigenvalue weighted by Gasteiger charge is -2.28. The van der Waals surface area contributed by atoms with Gasteiger partial charge in [-0.25, -0.2) is 4.79 Å². The van der Waals surface area contributed by atoms with Crippen LogP contribution in [0.15, 0.2) is 33.5 Å². The van der Waals surface area contributed by atoms with Crippen molar-refractivity contribution in [2.45, 2.75) is 32.7 Å². The first-order valence-corrected chi connectivity index (χ1v) is 8.25. The van der Waals surface area contributed by atoms with Crippen molar-refractivity contribution in [2.75, 3.05) is 13.1 Å². The number of likely N-dealkylation sites (tertiary alicyclic amines) is 1. The Balaban J connectivity index is 1.90. The van der Waals surface area contributed by atoms with Crippen molar-refractivity contribution in [1.29, 1.82) is 0 Å². The van der Waals surface area contributed by atoms with Crippen LogP contribution in [0, 0.1) is 5.92 Å². The Labute approximate surface area is 135 Å². The van der Waals surface area contributed by atoms with Gasteiger partial charge in [-0.05, 0) is 30.9 Å². The van der Waals surface area contributed by atoms with Gasteiger partial charge in [0.2, 0.25) is 5.91 Å². The molecule has 122 valence electrons. The Hall–Kier alpha value is -2.14. The van der Waals surface area contributed by atoms with Gasteiger partial charge in [-0.15, -0.1) is 0 Å². The maximum absolute atomic E-state index is 11.9. The summed E-state index contributed by atoms with van der Waals surface area (Å²) in [6.07, 6.45) is 2.76. The summed E-state index contributed by atoms with van der Waals surface area (Å²) >= 11 is 0. The van der Waals surface area contributed by atoms with E-state index in [1.165, 1.54) is 4.90 Å². The second-order valence-corrected chi connectivity index (χ2v) is 6.40. The largest absolute Gasteiger partial charge is 0.423 e. The second-order valence-electron chi connectivity index (χ2n) is 6.40. The first-order chi connectivity index (χ1) is 11.1. The zero-order chi connectivity index (χ0) is 16.4. The number of hydrogen-bond donors (Lipinski definition) is 2. The molecule has 1 aliphatic heterocycles. The molecular formula is C18H23N2O3+. The van der Waals surface area contributed by atoms with Crippen molar-refractivity contribution in [2.24, 2.45) is 11.7 Å². The number of nitrogens with one attached hydrogen (secondary N) is 1. The van der Waals surface area contributed by atoms with Crippen molar-refractivity contribution < 1.29 is 14.1 Å². The fraction of sp³-hybridized carbons (Fsp3) is 0.444. The van der Waals surface area contributed by atoms with E-state index in [0.717, 1.165) is 55.4 Å². The molecule has 0 bridgehead atoms. The number of carbonyl (C=O) groups excluding carboxylic acids is 1. The molecule has 0 saturated carbocycles. The van der Waals surface area contributed by atoms with E-state index in [0.29, 0.717) is 5.58 Å². The van der Waals surface area contributed by atoms with Crippen molar-refractivity contribution in [3.05, 3.63) is 45.8 Å². The van der Waals surface area contributed by atoms with E-state index in [4.69, 9.17) is 10.2 Å². The summed E-state index contributed by atoms with van der Waals surface area (Å²) in [4.78, 5) is 24.6. The van der Waals surface area contributed by atoms with Gasteiger partial charge < -0.3 is 15.1 Å². The highest BCUT2D eigenvalue weighted by molar-refractivity contribution is 5.80. The summed E-state index contributed by atoms with van der Waals surface area (Å²) < 4.78 is 5.35. The molecule has 2 heterocycles. The number of fused-ring (bicyclic) bond motifs is 1.